The number of aromatic nitrogens is 5. The molecule has 1 N–H and O–H groups in total. The number of amides is 2. The van der Waals surface area contributed by atoms with Crippen molar-refractivity contribution >= 4 is 17.6 Å². The minimum absolute atomic E-state index is 0.0685. The molecule has 1 fully saturated rings. The lowest BCUT2D eigenvalue weighted by Crippen LogP contribution is -2.47. The lowest BCUT2D eigenvalue weighted by molar-refractivity contribution is -0.120. The Kier molecular flexibility index (Phi) is 5.14. The van der Waals surface area contributed by atoms with Crippen molar-refractivity contribution in [3.05, 3.63) is 59.3 Å². The van der Waals surface area contributed by atoms with Gasteiger partial charge in [-0.05, 0) is 12.5 Å². The molecule has 3 aromatic rings. The van der Waals surface area contributed by atoms with Gasteiger partial charge >= 0.3 is 0 Å². The van der Waals surface area contributed by atoms with E-state index in [2.05, 4.69) is 20.5 Å². The molecule has 5 rings (SSSR count). The fraction of sp³-hybridized carbons (Fsp3) is 0.381. The van der Waals surface area contributed by atoms with Crippen molar-refractivity contribution in [1.29, 1.82) is 0 Å². The lowest BCUT2D eigenvalue weighted by atomic mass is 10.2. The molecule has 9 nitrogen and oxygen atoms in total. The summed E-state index contributed by atoms with van der Waals surface area (Å²) >= 11 is 0. The quantitative estimate of drug-likeness (QED) is 0.568. The van der Waals surface area contributed by atoms with Crippen LogP contribution in [0.1, 0.15) is 40.6 Å². The fourth-order valence-corrected chi connectivity index (χ4v) is 3.94. The largest absolute Gasteiger partial charge is 0.337 e. The molecule has 2 atom stereocenters. The molecule has 1 aromatic carbocycles. The second-order valence-electron chi connectivity index (χ2n) is 8.38. The number of anilines is 1. The van der Waals surface area contributed by atoms with Gasteiger partial charge in [-0.3, -0.25) is 14.5 Å². The molecule has 2 aromatic heterocycles. The third kappa shape index (κ3) is 4.01. The number of alkyl halides is 2. The van der Waals surface area contributed by atoms with E-state index in [0.29, 0.717) is 5.82 Å². The average molecular weight is 477 g/mol. The van der Waals surface area contributed by atoms with Crippen molar-refractivity contribution < 1.29 is 27.2 Å². The molecule has 178 valence electrons. The summed E-state index contributed by atoms with van der Waals surface area (Å²) in [6.07, 6.45) is 1.16. The van der Waals surface area contributed by atoms with Gasteiger partial charge in [0.25, 0.3) is 17.7 Å². The van der Waals surface area contributed by atoms with Crippen LogP contribution < -0.4 is 10.2 Å². The molecule has 1 aliphatic carbocycles. The first kappa shape index (κ1) is 22.0. The predicted molar refractivity (Wildman–Crippen MR) is 109 cm³/mol. The summed E-state index contributed by atoms with van der Waals surface area (Å²) < 4.78 is 56.4. The summed E-state index contributed by atoms with van der Waals surface area (Å²) in [5.41, 5.74) is 0.408. The Morgan fingerprint density at radius 1 is 1.24 bits per heavy atom. The number of nitrogens with zero attached hydrogens (tertiary/aromatic N) is 6. The monoisotopic (exact) mass is 477 g/mol. The zero-order valence-electron chi connectivity index (χ0n) is 17.9. The first-order valence-corrected chi connectivity index (χ1v) is 10.5. The van der Waals surface area contributed by atoms with E-state index in [1.807, 2.05) is 0 Å². The minimum atomic E-state index is -2.77. The molecule has 1 saturated carbocycles. The molecule has 0 radical (unpaired) electrons. The lowest BCUT2D eigenvalue weighted by Gasteiger charge is -2.19. The maximum Gasteiger partial charge on any atom is 0.291 e. The number of hydrogen-bond acceptors (Lipinski definition) is 5. The van der Waals surface area contributed by atoms with Crippen LogP contribution in [-0.4, -0.2) is 55.4 Å². The molecule has 3 heterocycles. The van der Waals surface area contributed by atoms with Crippen LogP contribution in [0, 0.1) is 11.6 Å². The summed E-state index contributed by atoms with van der Waals surface area (Å²) in [4.78, 5) is 30.7. The minimum Gasteiger partial charge on any atom is -0.337 e. The van der Waals surface area contributed by atoms with Crippen LogP contribution in [-0.2, 0) is 17.9 Å². The molecule has 1 aliphatic heterocycles. The number of likely N-dealkylation sites (N-methyl/N-ethyl adjacent to an activating group) is 1. The van der Waals surface area contributed by atoms with Crippen molar-refractivity contribution in [2.75, 3.05) is 11.9 Å². The summed E-state index contributed by atoms with van der Waals surface area (Å²) in [5, 5.41) is 10.8. The van der Waals surface area contributed by atoms with E-state index in [9.17, 15) is 27.2 Å². The SMILES string of the molecule is CN1C(=O)C(NC(=O)c2ncn(Cc3ccc(F)cc3F)n2)CCn2nc(C3CC3(F)F)cc21. The van der Waals surface area contributed by atoms with E-state index >= 15 is 0 Å². The summed E-state index contributed by atoms with van der Waals surface area (Å²) in [5.74, 6) is -6.15. The van der Waals surface area contributed by atoms with E-state index in [1.165, 1.54) is 39.8 Å². The maximum atomic E-state index is 13.9. The predicted octanol–water partition coefficient (Wildman–Crippen LogP) is 2.09. The highest BCUT2D eigenvalue weighted by molar-refractivity contribution is 6.00. The average Bonchev–Trinajstić information content (AvgIpc) is 3.14. The van der Waals surface area contributed by atoms with E-state index in [-0.39, 0.29) is 43.0 Å². The van der Waals surface area contributed by atoms with E-state index < -0.39 is 41.3 Å². The van der Waals surface area contributed by atoms with Crippen LogP contribution in [0.5, 0.6) is 0 Å². The molecule has 13 heteroatoms. The summed E-state index contributed by atoms with van der Waals surface area (Å²) in [6, 6.07) is 3.70. The third-order valence-electron chi connectivity index (χ3n) is 5.95. The first-order chi connectivity index (χ1) is 16.1. The van der Waals surface area contributed by atoms with Gasteiger partial charge in [0.2, 0.25) is 5.82 Å². The number of fused-ring (bicyclic) bond motifs is 1. The number of hydrogen-bond donors (Lipinski definition) is 1. The van der Waals surface area contributed by atoms with Crippen LogP contribution in [0.4, 0.5) is 23.4 Å². The molecule has 2 amide bonds. The Morgan fingerprint density at radius 3 is 2.71 bits per heavy atom. The summed E-state index contributed by atoms with van der Waals surface area (Å²) in [7, 11) is 1.49. The van der Waals surface area contributed by atoms with Gasteiger partial charge in [-0.15, -0.1) is 5.10 Å². The second kappa shape index (κ2) is 7.92. The van der Waals surface area contributed by atoms with Crippen molar-refractivity contribution in [3.63, 3.8) is 0 Å². The van der Waals surface area contributed by atoms with Crippen LogP contribution in [0.3, 0.4) is 0 Å². The van der Waals surface area contributed by atoms with Crippen LogP contribution in [0.2, 0.25) is 0 Å². The highest BCUT2D eigenvalue weighted by Crippen LogP contribution is 2.55. The van der Waals surface area contributed by atoms with E-state index in [1.54, 1.807) is 0 Å². The molecular formula is C21H19F4N7O2. The Morgan fingerprint density at radius 2 is 2.00 bits per heavy atom. The number of aryl methyl sites for hydroxylation is 1. The van der Waals surface area contributed by atoms with E-state index in [0.717, 1.165) is 12.1 Å². The Hall–Kier alpha value is -3.77. The molecule has 0 spiro atoms. The van der Waals surface area contributed by atoms with Crippen molar-refractivity contribution in [2.45, 2.75) is 43.8 Å². The normalized spacial score (nSPS) is 21.2. The van der Waals surface area contributed by atoms with Gasteiger partial charge in [0.1, 0.15) is 29.8 Å². The summed E-state index contributed by atoms with van der Waals surface area (Å²) in [6.45, 7) is 0.168. The van der Waals surface area contributed by atoms with Crippen LogP contribution in [0.25, 0.3) is 0 Å². The molecule has 0 saturated heterocycles. The zero-order chi connectivity index (χ0) is 24.2. The van der Waals surface area contributed by atoms with Crippen LogP contribution >= 0.6 is 0 Å². The highest BCUT2D eigenvalue weighted by atomic mass is 19.3. The zero-order valence-corrected chi connectivity index (χ0v) is 17.9. The van der Waals surface area contributed by atoms with Crippen LogP contribution in [0.15, 0.2) is 30.6 Å². The van der Waals surface area contributed by atoms with Gasteiger partial charge < -0.3 is 5.32 Å². The molecular weight excluding hydrogens is 458 g/mol. The van der Waals surface area contributed by atoms with Gasteiger partial charge in [0, 0.05) is 37.7 Å². The number of carbonyl (C=O) groups is 2. The van der Waals surface area contributed by atoms with Crippen molar-refractivity contribution in [3.8, 4) is 0 Å². The number of nitrogens with one attached hydrogen (secondary N) is 1. The molecule has 2 unspecified atom stereocenters. The number of carbonyl (C=O) groups excluding carboxylic acids is 2. The molecule has 34 heavy (non-hydrogen) atoms. The Balaban J connectivity index is 1.25. The van der Waals surface area contributed by atoms with Crippen molar-refractivity contribution in [1.82, 2.24) is 29.9 Å². The van der Waals surface area contributed by atoms with Gasteiger partial charge in [0.15, 0.2) is 0 Å². The standard InChI is InChI=1S/C21H19F4N7O2/c1-30-17-7-16(13-8-21(13,24)25)28-32(17)5-4-15(20(30)34)27-19(33)18-26-10-31(29-18)9-11-2-3-12(22)6-14(11)23/h2-3,6-7,10,13,15H,4-5,8-9H2,1H3,(H,27,33). The topological polar surface area (TPSA) is 97.9 Å². The van der Waals surface area contributed by atoms with Gasteiger partial charge in [-0.1, -0.05) is 6.07 Å². The van der Waals surface area contributed by atoms with Gasteiger partial charge in [-0.2, -0.15) is 5.10 Å². The van der Waals surface area contributed by atoms with Gasteiger partial charge in [-0.25, -0.2) is 31.9 Å². The Labute approximate surface area is 190 Å². The molecule has 0 bridgehead atoms. The second-order valence-corrected chi connectivity index (χ2v) is 8.38. The maximum absolute atomic E-state index is 13.9. The Bertz CT molecular complexity index is 1290. The highest BCUT2D eigenvalue weighted by Gasteiger charge is 2.59. The first-order valence-electron chi connectivity index (χ1n) is 10.5. The smallest absolute Gasteiger partial charge is 0.291 e. The van der Waals surface area contributed by atoms with Crippen molar-refractivity contribution in [2.24, 2.45) is 0 Å². The third-order valence-corrected chi connectivity index (χ3v) is 5.95. The number of benzene rings is 1. The van der Waals surface area contributed by atoms with Gasteiger partial charge in [0.05, 0.1) is 18.2 Å². The number of halogens is 4. The molecule has 2 aliphatic rings. The number of rotatable bonds is 5. The fourth-order valence-electron chi connectivity index (χ4n) is 3.94. The van der Waals surface area contributed by atoms with E-state index in [4.69, 9.17) is 0 Å².